The molecule has 0 fully saturated rings. The van der Waals surface area contributed by atoms with Gasteiger partial charge in [-0.15, -0.1) is 0 Å². The number of nitriles is 3. The molecule has 0 aliphatic rings. The van der Waals surface area contributed by atoms with Gasteiger partial charge in [-0.2, -0.15) is 20.7 Å². The summed E-state index contributed by atoms with van der Waals surface area (Å²) in [5, 5.41) is 40.8. The van der Waals surface area contributed by atoms with Crippen LogP contribution in [0.3, 0.4) is 0 Å². The highest BCUT2D eigenvalue weighted by molar-refractivity contribution is 7.75. The van der Waals surface area contributed by atoms with Crippen LogP contribution in [0.1, 0.15) is 79.1 Å². The third kappa shape index (κ3) is 14.4. The van der Waals surface area contributed by atoms with Crippen LogP contribution in [0.25, 0.3) is 0 Å². The number of unbranched alkanes of at least 4 members (excludes halogenated alkanes) is 4. The number of hydrogen-bond donors (Lipinski definition) is 2. The van der Waals surface area contributed by atoms with E-state index in [0.717, 1.165) is 0 Å². The second kappa shape index (κ2) is 18.8. The fraction of sp³-hybridized carbons (Fsp3) is 0.850. The highest BCUT2D eigenvalue weighted by atomic mass is 31.2. The van der Waals surface area contributed by atoms with Crippen molar-refractivity contribution in [2.75, 3.05) is 24.6 Å². The van der Waals surface area contributed by atoms with Crippen molar-refractivity contribution < 1.29 is 19.7 Å². The Balaban J connectivity index is 0. The maximum absolute atomic E-state index is 8.23. The van der Waals surface area contributed by atoms with Crippen LogP contribution in [-0.4, -0.2) is 47.6 Å². The molecule has 164 valence electrons. The summed E-state index contributed by atoms with van der Waals surface area (Å²) in [6.07, 6.45) is 17.9. The molecule has 7 nitrogen and oxygen atoms in total. The minimum Gasteiger partial charge on any atom is -0.400 e. The summed E-state index contributed by atoms with van der Waals surface area (Å²) in [5.74, 6) is 0. The van der Waals surface area contributed by atoms with E-state index in [9.17, 15) is 0 Å². The van der Waals surface area contributed by atoms with E-state index in [2.05, 4.69) is 37.4 Å². The summed E-state index contributed by atoms with van der Waals surface area (Å²) in [6.45, 7) is 9.42. The molecule has 0 unspecified atom stereocenters. The Labute approximate surface area is 178 Å². The van der Waals surface area contributed by atoms with Crippen LogP contribution in [0.4, 0.5) is 0 Å². The second-order valence-corrected chi connectivity index (χ2v) is 11.6. The molecular formula is C20H38BN3O4P+. The van der Waals surface area contributed by atoms with E-state index in [1.165, 1.54) is 69.6 Å². The second-order valence-electron chi connectivity index (χ2n) is 7.17. The zero-order valence-electron chi connectivity index (χ0n) is 18.6. The Kier molecular flexibility index (Phi) is 19.5. The predicted molar refractivity (Wildman–Crippen MR) is 118 cm³/mol. The van der Waals surface area contributed by atoms with Gasteiger partial charge in [0.25, 0.3) is 0 Å². The fourth-order valence-corrected chi connectivity index (χ4v) is 8.18. The highest BCUT2D eigenvalue weighted by Gasteiger charge is 2.35. The molecule has 0 radical (unpaired) electrons. The van der Waals surface area contributed by atoms with Crippen LogP contribution in [-0.2, 0) is 9.69 Å². The molecule has 9 heteroatoms. The largest absolute Gasteiger partial charge is 0.662 e. The van der Waals surface area contributed by atoms with Crippen molar-refractivity contribution in [2.45, 2.75) is 84.7 Å². The van der Waals surface area contributed by atoms with Crippen LogP contribution in [0, 0.1) is 34.0 Å². The van der Waals surface area contributed by atoms with Gasteiger partial charge in [0, 0.05) is 7.26 Å². The van der Waals surface area contributed by atoms with E-state index >= 15 is 0 Å². The first kappa shape index (κ1) is 30.0. The summed E-state index contributed by atoms with van der Waals surface area (Å²) >= 11 is 0. The van der Waals surface area contributed by atoms with Crippen molar-refractivity contribution in [3.8, 4) is 18.2 Å². The molecule has 0 amide bonds. The molecule has 0 aromatic rings. The van der Waals surface area contributed by atoms with Crippen LogP contribution in [0.2, 0.25) is 0 Å². The Morgan fingerprint density at radius 1 is 0.724 bits per heavy atom. The van der Waals surface area contributed by atoms with Crippen molar-refractivity contribution in [1.82, 2.24) is 0 Å². The molecule has 0 aliphatic carbocycles. The number of nitrogens with zero attached hydrogens (tertiary/aromatic N) is 3. The summed E-state index contributed by atoms with van der Waals surface area (Å²) in [6, 6.07) is 3.54. The quantitative estimate of drug-likeness (QED) is 0.172. The van der Waals surface area contributed by atoms with Crippen molar-refractivity contribution in [2.24, 2.45) is 0 Å². The average Bonchev–Trinajstić information content (AvgIpc) is 2.74. The molecule has 29 heavy (non-hydrogen) atoms. The molecule has 0 saturated carbocycles. The van der Waals surface area contributed by atoms with Gasteiger partial charge in [0.2, 0.25) is 0 Å². The zero-order chi connectivity index (χ0) is 22.6. The van der Waals surface area contributed by atoms with E-state index in [0.29, 0.717) is 0 Å². The van der Waals surface area contributed by atoms with Crippen molar-refractivity contribution in [3.63, 3.8) is 0 Å². The lowest BCUT2D eigenvalue weighted by atomic mass is 10.1. The Bertz CT molecular complexity index is 456. The molecule has 0 aromatic heterocycles. The third-order valence-corrected chi connectivity index (χ3v) is 9.74. The van der Waals surface area contributed by atoms with Gasteiger partial charge < -0.3 is 10.0 Å². The minimum absolute atomic E-state index is 0.562. The topological polar surface area (TPSA) is 130 Å². The van der Waals surface area contributed by atoms with Crippen molar-refractivity contribution in [3.05, 3.63) is 0 Å². The van der Waals surface area contributed by atoms with E-state index < -0.39 is 20.2 Å². The molecule has 0 aromatic carbocycles. The average molecular weight is 426 g/mol. The Hall–Kier alpha value is -1.20. The van der Waals surface area contributed by atoms with Gasteiger partial charge in [-0.1, -0.05) is 53.4 Å². The van der Waals surface area contributed by atoms with Gasteiger partial charge in [-0.05, 0) is 25.7 Å². The summed E-state index contributed by atoms with van der Waals surface area (Å²) < 4.78 is 0. The summed E-state index contributed by atoms with van der Waals surface area (Å²) in [5.41, 5.74) is -2.47. The minimum atomic E-state index is -2.47. The third-order valence-electron chi connectivity index (χ3n) is 4.68. The van der Waals surface area contributed by atoms with Gasteiger partial charge in [-0.3, -0.25) is 0 Å². The van der Waals surface area contributed by atoms with Crippen LogP contribution >= 0.6 is 7.26 Å². The first-order chi connectivity index (χ1) is 13.8. The predicted octanol–water partition coefficient (Wildman–Crippen LogP) is 4.42. The first-order valence-electron chi connectivity index (χ1n) is 10.6. The van der Waals surface area contributed by atoms with Gasteiger partial charge in [0.15, 0.2) is 0 Å². The van der Waals surface area contributed by atoms with Crippen molar-refractivity contribution in [1.29, 1.82) is 15.8 Å². The number of rotatable bonds is 15. The van der Waals surface area contributed by atoms with Gasteiger partial charge >= 0.3 is 12.9 Å². The van der Waals surface area contributed by atoms with Crippen LogP contribution in [0.15, 0.2) is 0 Å². The van der Waals surface area contributed by atoms with E-state index in [1.54, 1.807) is 24.6 Å². The SMILES string of the molecule is CCCC[P+](CCCC)(CCCC)CCCC.N#CC(C#N)(C#N)OOB(O)O. The standard InChI is InChI=1S/C16H36P.C4H2BN3O4/c1-5-9-13-17(14-10-6-2,15-11-7-3)16-12-8-4;6-1-4(2-7,3-8)11-12-5(9)10/h5-16H2,1-4H3;9-10H/q+1;. The van der Waals surface area contributed by atoms with E-state index in [4.69, 9.17) is 25.8 Å². The van der Waals surface area contributed by atoms with Gasteiger partial charge in [-0.25, -0.2) is 4.81 Å². The highest BCUT2D eigenvalue weighted by Crippen LogP contribution is 2.61. The first-order valence-corrected chi connectivity index (χ1v) is 13.2. The molecule has 2 N–H and O–H groups in total. The lowest BCUT2D eigenvalue weighted by Crippen LogP contribution is -2.31. The molecule has 0 spiro atoms. The van der Waals surface area contributed by atoms with E-state index in [-0.39, 0.29) is 0 Å². The van der Waals surface area contributed by atoms with Crippen LogP contribution in [0.5, 0.6) is 0 Å². The van der Waals surface area contributed by atoms with Crippen LogP contribution < -0.4 is 0 Å². The lowest BCUT2D eigenvalue weighted by molar-refractivity contribution is -0.262. The maximum atomic E-state index is 8.23. The number of hydrogen-bond acceptors (Lipinski definition) is 7. The maximum Gasteiger partial charge on any atom is 0.662 e. The van der Waals surface area contributed by atoms with Gasteiger partial charge in [0.05, 0.1) is 24.6 Å². The van der Waals surface area contributed by atoms with Crippen molar-refractivity contribution >= 4 is 14.6 Å². The van der Waals surface area contributed by atoms with Gasteiger partial charge in [0.1, 0.15) is 18.2 Å². The fourth-order valence-electron chi connectivity index (χ4n) is 2.89. The van der Waals surface area contributed by atoms with E-state index in [1.807, 2.05) is 0 Å². The smallest absolute Gasteiger partial charge is 0.400 e. The Morgan fingerprint density at radius 3 is 1.24 bits per heavy atom. The summed E-state index contributed by atoms with van der Waals surface area (Å²) in [4.78, 5) is 7.48. The molecule has 0 atom stereocenters. The Morgan fingerprint density at radius 2 is 1.03 bits per heavy atom. The zero-order valence-corrected chi connectivity index (χ0v) is 19.5. The monoisotopic (exact) mass is 426 g/mol. The molecule has 0 saturated heterocycles. The lowest BCUT2D eigenvalue weighted by Gasteiger charge is -2.28. The molecule has 0 bridgehead atoms. The molecule has 0 rings (SSSR count). The normalized spacial score (nSPS) is 10.9. The molecule has 0 aliphatic heterocycles. The molecular weight excluding hydrogens is 388 g/mol. The summed E-state index contributed by atoms with van der Waals surface area (Å²) in [7, 11) is -2.87. The molecule has 0 heterocycles.